The topological polar surface area (TPSA) is 29.5 Å². The summed E-state index contributed by atoms with van der Waals surface area (Å²) < 4.78 is 4.73. The highest BCUT2D eigenvalue weighted by atomic mass is 16.5. The Morgan fingerprint density at radius 2 is 2.27 bits per heavy atom. The number of rotatable bonds is 0. The number of nitrogens with zero attached hydrogens (tertiary/aromatic N) is 1. The molecule has 0 aliphatic carbocycles. The van der Waals surface area contributed by atoms with Crippen molar-refractivity contribution in [1.82, 2.24) is 4.90 Å². The molecule has 0 radical (unpaired) electrons. The summed E-state index contributed by atoms with van der Waals surface area (Å²) in [7, 11) is 1.43. The van der Waals surface area contributed by atoms with Gasteiger partial charge in [0.15, 0.2) is 0 Å². The number of methoxy groups -OCH3 is 1. The summed E-state index contributed by atoms with van der Waals surface area (Å²) in [5.41, 5.74) is 3.88. The van der Waals surface area contributed by atoms with Gasteiger partial charge in [0.1, 0.15) is 0 Å². The molecule has 80 valence electrons. The molecule has 1 aliphatic heterocycles. The molecule has 3 nitrogen and oxygen atoms in total. The summed E-state index contributed by atoms with van der Waals surface area (Å²) in [5.74, 6) is 0. The second kappa shape index (κ2) is 3.93. The van der Waals surface area contributed by atoms with E-state index in [0.717, 1.165) is 13.0 Å². The van der Waals surface area contributed by atoms with Crippen molar-refractivity contribution >= 4 is 6.09 Å². The lowest BCUT2D eigenvalue weighted by Crippen LogP contribution is -2.36. The molecule has 1 aliphatic rings. The molecule has 1 aromatic carbocycles. The molecule has 0 saturated heterocycles. The van der Waals surface area contributed by atoms with E-state index in [9.17, 15) is 4.79 Å². The average molecular weight is 205 g/mol. The van der Waals surface area contributed by atoms with Gasteiger partial charge in [-0.15, -0.1) is 0 Å². The van der Waals surface area contributed by atoms with Gasteiger partial charge in [0.2, 0.25) is 0 Å². The van der Waals surface area contributed by atoms with Crippen LogP contribution in [0.3, 0.4) is 0 Å². The molecule has 0 atom stereocenters. The maximum absolute atomic E-state index is 11.4. The Kier molecular flexibility index (Phi) is 2.62. The normalized spacial score (nSPS) is 14.7. The third-order valence-electron chi connectivity index (χ3n) is 2.94. The number of amides is 1. The van der Waals surface area contributed by atoms with Crippen molar-refractivity contribution in [3.63, 3.8) is 0 Å². The van der Waals surface area contributed by atoms with Gasteiger partial charge >= 0.3 is 6.09 Å². The molecule has 3 heteroatoms. The molecule has 1 heterocycles. The summed E-state index contributed by atoms with van der Waals surface area (Å²) in [6, 6.07) is 6.29. The smallest absolute Gasteiger partial charge is 0.409 e. The van der Waals surface area contributed by atoms with E-state index in [1.165, 1.54) is 23.8 Å². The second-order valence-corrected chi connectivity index (χ2v) is 3.85. The van der Waals surface area contributed by atoms with Gasteiger partial charge in [0.05, 0.1) is 7.11 Å². The predicted molar refractivity (Wildman–Crippen MR) is 57.7 cm³/mol. The van der Waals surface area contributed by atoms with Gasteiger partial charge in [0, 0.05) is 13.1 Å². The number of carbonyl (C=O) groups is 1. The number of hydrogen-bond acceptors (Lipinski definition) is 2. The van der Waals surface area contributed by atoms with Crippen molar-refractivity contribution in [2.45, 2.75) is 19.9 Å². The standard InChI is InChI=1S/C12H15NO2/c1-9-4-3-5-10-6-7-13(8-11(9)10)12(14)15-2/h3-5H,6-8H2,1-2H3. The van der Waals surface area contributed by atoms with Crippen molar-refractivity contribution in [2.75, 3.05) is 13.7 Å². The fourth-order valence-corrected chi connectivity index (χ4v) is 2.03. The molecular formula is C12H15NO2. The third kappa shape index (κ3) is 1.82. The number of aryl methyl sites for hydroxylation is 1. The summed E-state index contributed by atoms with van der Waals surface area (Å²) in [6.45, 7) is 3.51. The van der Waals surface area contributed by atoms with Crippen LogP contribution in [-0.4, -0.2) is 24.6 Å². The van der Waals surface area contributed by atoms with E-state index in [1.54, 1.807) is 4.90 Å². The van der Waals surface area contributed by atoms with Crippen LogP contribution < -0.4 is 0 Å². The van der Waals surface area contributed by atoms with E-state index in [2.05, 4.69) is 25.1 Å². The number of ether oxygens (including phenoxy) is 1. The zero-order valence-corrected chi connectivity index (χ0v) is 9.12. The first kappa shape index (κ1) is 10.0. The molecule has 1 amide bonds. The van der Waals surface area contributed by atoms with Gasteiger partial charge in [-0.1, -0.05) is 18.2 Å². The van der Waals surface area contributed by atoms with E-state index < -0.39 is 0 Å². The average Bonchev–Trinajstić information content (AvgIpc) is 2.28. The molecule has 0 spiro atoms. The third-order valence-corrected chi connectivity index (χ3v) is 2.94. The van der Waals surface area contributed by atoms with E-state index >= 15 is 0 Å². The lowest BCUT2D eigenvalue weighted by atomic mass is 9.96. The minimum atomic E-state index is -0.232. The van der Waals surface area contributed by atoms with Crippen LogP contribution in [0.5, 0.6) is 0 Å². The number of fused-ring (bicyclic) bond motifs is 1. The summed E-state index contributed by atoms with van der Waals surface area (Å²) in [6.07, 6.45) is 0.690. The van der Waals surface area contributed by atoms with Gasteiger partial charge in [-0.05, 0) is 30.0 Å². The number of benzene rings is 1. The largest absolute Gasteiger partial charge is 0.453 e. The molecule has 0 fully saturated rings. The number of hydrogen-bond donors (Lipinski definition) is 0. The molecule has 0 N–H and O–H groups in total. The Hall–Kier alpha value is -1.51. The van der Waals surface area contributed by atoms with E-state index in [-0.39, 0.29) is 6.09 Å². The van der Waals surface area contributed by atoms with Crippen molar-refractivity contribution in [3.05, 3.63) is 34.9 Å². The monoisotopic (exact) mass is 205 g/mol. The van der Waals surface area contributed by atoms with E-state index in [1.807, 2.05) is 0 Å². The first-order valence-corrected chi connectivity index (χ1v) is 5.12. The highest BCUT2D eigenvalue weighted by Crippen LogP contribution is 2.22. The second-order valence-electron chi connectivity index (χ2n) is 3.85. The lowest BCUT2D eigenvalue weighted by Gasteiger charge is -2.28. The van der Waals surface area contributed by atoms with Crippen molar-refractivity contribution in [2.24, 2.45) is 0 Å². The summed E-state index contributed by atoms with van der Waals surface area (Å²) in [4.78, 5) is 13.1. The fourth-order valence-electron chi connectivity index (χ4n) is 2.03. The fraction of sp³-hybridized carbons (Fsp3) is 0.417. The molecule has 0 unspecified atom stereocenters. The lowest BCUT2D eigenvalue weighted by molar-refractivity contribution is 0.118. The maximum Gasteiger partial charge on any atom is 0.409 e. The van der Waals surface area contributed by atoms with Crippen LogP contribution in [0.2, 0.25) is 0 Å². The van der Waals surface area contributed by atoms with Crippen LogP contribution in [0, 0.1) is 6.92 Å². The van der Waals surface area contributed by atoms with Crippen LogP contribution >= 0.6 is 0 Å². The highest BCUT2D eigenvalue weighted by Gasteiger charge is 2.21. The molecule has 0 saturated carbocycles. The van der Waals surface area contributed by atoms with Crippen molar-refractivity contribution in [3.8, 4) is 0 Å². The molecule has 1 aromatic rings. The van der Waals surface area contributed by atoms with Crippen LogP contribution in [-0.2, 0) is 17.7 Å². The Morgan fingerprint density at radius 3 is 3.00 bits per heavy atom. The van der Waals surface area contributed by atoms with Gasteiger partial charge in [0.25, 0.3) is 0 Å². The van der Waals surface area contributed by atoms with Gasteiger partial charge in [-0.2, -0.15) is 0 Å². The van der Waals surface area contributed by atoms with Crippen molar-refractivity contribution < 1.29 is 9.53 Å². The van der Waals surface area contributed by atoms with E-state index in [4.69, 9.17) is 4.74 Å². The minimum Gasteiger partial charge on any atom is -0.453 e. The zero-order valence-electron chi connectivity index (χ0n) is 9.12. The minimum absolute atomic E-state index is 0.232. The van der Waals surface area contributed by atoms with Crippen LogP contribution in [0.1, 0.15) is 16.7 Å². The van der Waals surface area contributed by atoms with Crippen LogP contribution in [0.15, 0.2) is 18.2 Å². The van der Waals surface area contributed by atoms with Gasteiger partial charge < -0.3 is 9.64 Å². The first-order valence-electron chi connectivity index (χ1n) is 5.12. The molecule has 15 heavy (non-hydrogen) atoms. The zero-order chi connectivity index (χ0) is 10.8. The van der Waals surface area contributed by atoms with Gasteiger partial charge in [-0.3, -0.25) is 0 Å². The first-order chi connectivity index (χ1) is 7.22. The Labute approximate surface area is 89.7 Å². The Balaban J connectivity index is 2.26. The number of carbonyl (C=O) groups excluding carboxylic acids is 1. The van der Waals surface area contributed by atoms with E-state index in [0.29, 0.717) is 6.54 Å². The van der Waals surface area contributed by atoms with Gasteiger partial charge in [-0.25, -0.2) is 4.79 Å². The summed E-state index contributed by atoms with van der Waals surface area (Å²) in [5, 5.41) is 0. The van der Waals surface area contributed by atoms with Crippen LogP contribution in [0.25, 0.3) is 0 Å². The molecule has 2 rings (SSSR count). The van der Waals surface area contributed by atoms with Crippen molar-refractivity contribution in [1.29, 1.82) is 0 Å². The molecular weight excluding hydrogens is 190 g/mol. The SMILES string of the molecule is COC(=O)N1CCc2cccc(C)c2C1. The van der Waals surface area contributed by atoms with Crippen LogP contribution in [0.4, 0.5) is 4.79 Å². The molecule has 0 aromatic heterocycles. The highest BCUT2D eigenvalue weighted by molar-refractivity contribution is 5.68. The Bertz CT molecular complexity index is 387. The molecule has 0 bridgehead atoms. The Morgan fingerprint density at radius 1 is 1.47 bits per heavy atom. The quantitative estimate of drug-likeness (QED) is 0.649. The predicted octanol–water partition coefficient (Wildman–Crippen LogP) is 2.12. The maximum atomic E-state index is 11.4. The summed E-state index contributed by atoms with van der Waals surface area (Å²) >= 11 is 0.